The number of carbonyl (C=O) groups is 1. The van der Waals surface area contributed by atoms with Crippen molar-refractivity contribution in [3.05, 3.63) is 53.8 Å². The van der Waals surface area contributed by atoms with Gasteiger partial charge in [0.1, 0.15) is 24.8 Å². The van der Waals surface area contributed by atoms with E-state index in [0.29, 0.717) is 25.4 Å². The van der Waals surface area contributed by atoms with Gasteiger partial charge in [0.2, 0.25) is 0 Å². The Morgan fingerprint density at radius 3 is 2.00 bits per heavy atom. The van der Waals surface area contributed by atoms with Crippen molar-refractivity contribution in [1.82, 2.24) is 0 Å². The molecular formula is C29H39FO5. The highest BCUT2D eigenvalue weighted by Gasteiger charge is 2.20. The van der Waals surface area contributed by atoms with Gasteiger partial charge >= 0.3 is 6.16 Å². The fourth-order valence-corrected chi connectivity index (χ4v) is 4.06. The monoisotopic (exact) mass is 486 g/mol. The number of benzene rings is 2. The summed E-state index contributed by atoms with van der Waals surface area (Å²) >= 11 is 0. The molecule has 2 aromatic rings. The molecule has 0 unspecified atom stereocenters. The van der Waals surface area contributed by atoms with Gasteiger partial charge < -0.3 is 18.9 Å². The molecule has 0 amide bonds. The van der Waals surface area contributed by atoms with E-state index in [2.05, 4.69) is 0 Å². The van der Waals surface area contributed by atoms with Gasteiger partial charge in [-0.15, -0.1) is 0 Å². The molecule has 0 N–H and O–H groups in total. The van der Waals surface area contributed by atoms with Crippen LogP contribution < -0.4 is 4.74 Å². The predicted molar refractivity (Wildman–Crippen MR) is 135 cm³/mol. The molecule has 0 aromatic heterocycles. The van der Waals surface area contributed by atoms with Crippen molar-refractivity contribution in [3.8, 4) is 16.9 Å². The van der Waals surface area contributed by atoms with Crippen molar-refractivity contribution >= 4 is 6.16 Å². The second kappa shape index (κ2) is 15.4. The van der Waals surface area contributed by atoms with Gasteiger partial charge in [0.15, 0.2) is 0 Å². The maximum absolute atomic E-state index is 13.8. The zero-order valence-corrected chi connectivity index (χ0v) is 20.9. The first kappa shape index (κ1) is 27.0. The van der Waals surface area contributed by atoms with Crippen LogP contribution in [0, 0.1) is 18.7 Å². The number of carbonyl (C=O) groups excluding carboxylic acids is 1. The normalized spacial score (nSPS) is 13.9. The number of hydrogen-bond acceptors (Lipinski definition) is 5. The van der Waals surface area contributed by atoms with Gasteiger partial charge in [-0.2, -0.15) is 0 Å². The van der Waals surface area contributed by atoms with Crippen LogP contribution in [0.1, 0.15) is 63.4 Å². The third-order valence-electron chi connectivity index (χ3n) is 6.29. The van der Waals surface area contributed by atoms with Crippen LogP contribution in [0.15, 0.2) is 42.5 Å². The third-order valence-corrected chi connectivity index (χ3v) is 6.29. The lowest BCUT2D eigenvalue weighted by Crippen LogP contribution is -2.30. The van der Waals surface area contributed by atoms with E-state index in [1.165, 1.54) is 44.9 Å². The SMILES string of the molecule is Cc1ccc(-c2ccc(OCCCCCCCCCCCOCC3COC(=O)OC3)cc2)cc1F. The molecule has 6 heteroatoms. The molecule has 0 radical (unpaired) electrons. The molecule has 2 aromatic carbocycles. The molecule has 0 atom stereocenters. The van der Waals surface area contributed by atoms with Crippen LogP contribution in [0.25, 0.3) is 11.1 Å². The van der Waals surface area contributed by atoms with Crippen LogP contribution in [0.5, 0.6) is 5.75 Å². The number of hydrogen-bond donors (Lipinski definition) is 0. The Morgan fingerprint density at radius 2 is 1.37 bits per heavy atom. The molecule has 3 rings (SSSR count). The first-order valence-corrected chi connectivity index (χ1v) is 13.0. The maximum Gasteiger partial charge on any atom is 0.508 e. The second-order valence-electron chi connectivity index (χ2n) is 9.33. The summed E-state index contributed by atoms with van der Waals surface area (Å²) in [6.45, 7) is 4.65. The van der Waals surface area contributed by atoms with Gasteiger partial charge in [0, 0.05) is 6.61 Å². The zero-order valence-electron chi connectivity index (χ0n) is 20.9. The lowest BCUT2D eigenvalue weighted by Gasteiger charge is -2.21. The number of rotatable bonds is 16. The highest BCUT2D eigenvalue weighted by atomic mass is 19.1. The quantitative estimate of drug-likeness (QED) is 0.182. The minimum Gasteiger partial charge on any atom is -0.494 e. The molecule has 1 aliphatic rings. The highest BCUT2D eigenvalue weighted by molar-refractivity contribution is 5.64. The van der Waals surface area contributed by atoms with Gasteiger partial charge in [0.25, 0.3) is 0 Å². The van der Waals surface area contributed by atoms with Gasteiger partial charge in [-0.1, -0.05) is 69.2 Å². The molecule has 1 fully saturated rings. The lowest BCUT2D eigenvalue weighted by atomic mass is 10.0. The van der Waals surface area contributed by atoms with E-state index in [9.17, 15) is 9.18 Å². The number of cyclic esters (lactones) is 2. The van der Waals surface area contributed by atoms with Gasteiger partial charge in [0.05, 0.1) is 19.1 Å². The Bertz CT molecular complexity index is 873. The summed E-state index contributed by atoms with van der Waals surface area (Å²) < 4.78 is 35.0. The van der Waals surface area contributed by atoms with E-state index >= 15 is 0 Å². The molecule has 1 heterocycles. The maximum atomic E-state index is 13.8. The summed E-state index contributed by atoms with van der Waals surface area (Å²) in [6, 6.07) is 13.2. The van der Waals surface area contributed by atoms with Crippen LogP contribution >= 0.6 is 0 Å². The lowest BCUT2D eigenvalue weighted by molar-refractivity contribution is -0.0390. The molecule has 1 saturated heterocycles. The average molecular weight is 487 g/mol. The van der Waals surface area contributed by atoms with Crippen molar-refractivity contribution in [3.63, 3.8) is 0 Å². The van der Waals surface area contributed by atoms with Gasteiger partial charge in [-0.3, -0.25) is 0 Å². The van der Waals surface area contributed by atoms with Crippen molar-refractivity contribution in [2.75, 3.05) is 33.0 Å². The van der Waals surface area contributed by atoms with Gasteiger partial charge in [-0.05, 0) is 54.7 Å². The summed E-state index contributed by atoms with van der Waals surface area (Å²) in [5.41, 5.74) is 2.54. The molecular weight excluding hydrogens is 447 g/mol. The molecule has 0 aliphatic carbocycles. The second-order valence-corrected chi connectivity index (χ2v) is 9.33. The van der Waals surface area contributed by atoms with Gasteiger partial charge in [-0.25, -0.2) is 9.18 Å². The molecule has 0 spiro atoms. The summed E-state index contributed by atoms with van der Waals surface area (Å²) in [5.74, 6) is 0.849. The fraction of sp³-hybridized carbons (Fsp3) is 0.552. The predicted octanol–water partition coefficient (Wildman–Crippen LogP) is 7.49. The van der Waals surface area contributed by atoms with E-state index in [4.69, 9.17) is 18.9 Å². The van der Waals surface area contributed by atoms with E-state index in [1.54, 1.807) is 13.0 Å². The molecule has 0 saturated carbocycles. The highest BCUT2D eigenvalue weighted by Crippen LogP contribution is 2.24. The number of ether oxygens (including phenoxy) is 4. The summed E-state index contributed by atoms with van der Waals surface area (Å²) in [4.78, 5) is 10.8. The molecule has 1 aliphatic heterocycles. The summed E-state index contributed by atoms with van der Waals surface area (Å²) in [5, 5.41) is 0. The minimum atomic E-state index is -0.574. The average Bonchev–Trinajstić information content (AvgIpc) is 2.87. The van der Waals surface area contributed by atoms with E-state index in [-0.39, 0.29) is 11.7 Å². The van der Waals surface area contributed by atoms with Crippen molar-refractivity contribution in [1.29, 1.82) is 0 Å². The van der Waals surface area contributed by atoms with E-state index in [0.717, 1.165) is 42.9 Å². The van der Waals surface area contributed by atoms with Crippen molar-refractivity contribution in [2.24, 2.45) is 5.92 Å². The zero-order chi connectivity index (χ0) is 24.7. The number of aryl methyl sites for hydroxylation is 1. The Balaban J connectivity index is 1.11. The van der Waals surface area contributed by atoms with E-state index < -0.39 is 6.16 Å². The van der Waals surface area contributed by atoms with Crippen LogP contribution in [-0.4, -0.2) is 39.2 Å². The van der Waals surface area contributed by atoms with Crippen LogP contribution in [-0.2, 0) is 14.2 Å². The molecule has 5 nitrogen and oxygen atoms in total. The smallest absolute Gasteiger partial charge is 0.494 e. The Kier molecular flexibility index (Phi) is 11.9. The van der Waals surface area contributed by atoms with Crippen LogP contribution in [0.2, 0.25) is 0 Å². The number of unbranched alkanes of at least 4 members (excludes halogenated alkanes) is 8. The molecule has 35 heavy (non-hydrogen) atoms. The first-order chi connectivity index (χ1) is 17.1. The summed E-state index contributed by atoms with van der Waals surface area (Å²) in [6.07, 6.45) is 10.3. The Morgan fingerprint density at radius 1 is 0.800 bits per heavy atom. The standard InChI is InChI=1S/C29H39FO5/c1-23-11-12-26(19-28(23)30)25-13-15-27(16-14-25)33-18-10-8-6-4-2-3-5-7-9-17-32-20-24-21-34-29(31)35-22-24/h11-16,19,24H,2-10,17-18,20-22H2,1H3. The van der Waals surface area contributed by atoms with Crippen LogP contribution in [0.4, 0.5) is 9.18 Å². The first-order valence-electron chi connectivity index (χ1n) is 13.0. The summed E-state index contributed by atoms with van der Waals surface area (Å²) in [7, 11) is 0. The minimum absolute atomic E-state index is 0.162. The topological polar surface area (TPSA) is 54.0 Å². The Labute approximate surface area is 208 Å². The van der Waals surface area contributed by atoms with Crippen molar-refractivity contribution < 1.29 is 28.1 Å². The van der Waals surface area contributed by atoms with E-state index in [1.807, 2.05) is 36.4 Å². The van der Waals surface area contributed by atoms with Crippen LogP contribution in [0.3, 0.4) is 0 Å². The third kappa shape index (κ3) is 10.3. The Hall–Kier alpha value is -2.60. The number of halogens is 1. The molecule has 0 bridgehead atoms. The molecule has 192 valence electrons. The van der Waals surface area contributed by atoms with Crippen molar-refractivity contribution in [2.45, 2.75) is 64.7 Å². The fourth-order valence-electron chi connectivity index (χ4n) is 4.06. The largest absolute Gasteiger partial charge is 0.508 e.